The van der Waals surface area contributed by atoms with E-state index in [1.807, 2.05) is 30.7 Å². The summed E-state index contributed by atoms with van der Waals surface area (Å²) in [7, 11) is 0. The van der Waals surface area contributed by atoms with Crippen LogP contribution in [0.4, 0.5) is 4.39 Å². The number of nitrogens with zero attached hydrogens (tertiary/aromatic N) is 3. The first-order valence-electron chi connectivity index (χ1n) is 8.52. The van der Waals surface area contributed by atoms with E-state index >= 15 is 0 Å². The first-order valence-corrected chi connectivity index (χ1v) is 9.46. The van der Waals surface area contributed by atoms with E-state index in [0.717, 1.165) is 29.9 Å². The molecule has 1 aliphatic rings. The Balaban J connectivity index is 1.87. The predicted octanol–water partition coefficient (Wildman–Crippen LogP) is 3.91. The van der Waals surface area contributed by atoms with Crippen LogP contribution in [0.1, 0.15) is 37.4 Å². The van der Waals surface area contributed by atoms with Gasteiger partial charge in [0, 0.05) is 12.0 Å². The van der Waals surface area contributed by atoms with E-state index in [1.165, 1.54) is 12.1 Å². The molecule has 0 fully saturated rings. The van der Waals surface area contributed by atoms with Gasteiger partial charge in [0.05, 0.1) is 18.3 Å². The lowest BCUT2D eigenvalue weighted by atomic mass is 9.99. The minimum Gasteiger partial charge on any atom is -0.295 e. The molecule has 25 heavy (non-hydrogen) atoms. The van der Waals surface area contributed by atoms with Gasteiger partial charge in [-0.25, -0.2) is 9.40 Å². The Bertz CT molecular complexity index is 739. The van der Waals surface area contributed by atoms with Crippen LogP contribution in [0.3, 0.4) is 0 Å². The van der Waals surface area contributed by atoms with Crippen molar-refractivity contribution in [3.8, 4) is 0 Å². The van der Waals surface area contributed by atoms with Crippen molar-refractivity contribution >= 4 is 23.0 Å². The molecule has 6 heteroatoms. The lowest BCUT2D eigenvalue weighted by Crippen LogP contribution is -2.38. The highest BCUT2D eigenvalue weighted by molar-refractivity contribution is 7.08. The van der Waals surface area contributed by atoms with Gasteiger partial charge in [-0.05, 0) is 47.6 Å². The van der Waals surface area contributed by atoms with Crippen LogP contribution < -0.4 is 0 Å². The zero-order valence-electron chi connectivity index (χ0n) is 14.5. The summed E-state index contributed by atoms with van der Waals surface area (Å²) >= 11 is 1.61. The molecule has 0 N–H and O–H groups in total. The number of hydrazone groups is 1. The summed E-state index contributed by atoms with van der Waals surface area (Å²) in [6, 6.07) is 8.19. The lowest BCUT2D eigenvalue weighted by Gasteiger charge is -2.25. The van der Waals surface area contributed by atoms with Crippen LogP contribution >= 0.6 is 11.3 Å². The third kappa shape index (κ3) is 3.96. The van der Waals surface area contributed by atoms with Crippen LogP contribution in [-0.2, 0) is 4.79 Å². The van der Waals surface area contributed by atoms with Crippen LogP contribution in [0.5, 0.6) is 0 Å². The smallest absolute Gasteiger partial charge is 0.257 e. The molecular weight excluding hydrogens is 337 g/mol. The number of hydrogen-bond donors (Lipinski definition) is 0. The third-order valence-electron chi connectivity index (χ3n) is 4.53. The van der Waals surface area contributed by atoms with Gasteiger partial charge in [-0.1, -0.05) is 26.0 Å². The van der Waals surface area contributed by atoms with Crippen molar-refractivity contribution in [1.29, 1.82) is 0 Å². The quantitative estimate of drug-likeness (QED) is 0.784. The average molecular weight is 359 g/mol. The second kappa shape index (κ2) is 7.89. The average Bonchev–Trinajstić information content (AvgIpc) is 3.29. The van der Waals surface area contributed by atoms with Crippen molar-refractivity contribution in [2.45, 2.75) is 26.3 Å². The monoisotopic (exact) mass is 359 g/mol. The zero-order valence-corrected chi connectivity index (χ0v) is 15.3. The first-order chi connectivity index (χ1) is 12.1. The fourth-order valence-electron chi connectivity index (χ4n) is 3.00. The highest BCUT2D eigenvalue weighted by atomic mass is 32.1. The van der Waals surface area contributed by atoms with E-state index in [2.05, 4.69) is 10.0 Å². The molecule has 1 amide bonds. The summed E-state index contributed by atoms with van der Waals surface area (Å²) < 4.78 is 13.3. The summed E-state index contributed by atoms with van der Waals surface area (Å²) in [5, 5.41) is 10.2. The number of likely N-dealkylation sites (N-methyl/N-ethyl adjacent to an activating group) is 1. The second-order valence-corrected chi connectivity index (χ2v) is 6.81. The summed E-state index contributed by atoms with van der Waals surface area (Å²) in [4.78, 5) is 14.9. The highest BCUT2D eigenvalue weighted by Crippen LogP contribution is 2.33. The number of rotatable bonds is 6. The maximum Gasteiger partial charge on any atom is 0.257 e. The van der Waals surface area contributed by atoms with Gasteiger partial charge in [0.25, 0.3) is 5.91 Å². The molecular formula is C19H22FN3OS. The maximum atomic E-state index is 13.3. The van der Waals surface area contributed by atoms with Crippen LogP contribution in [-0.4, -0.2) is 41.2 Å². The summed E-state index contributed by atoms with van der Waals surface area (Å²) in [5.74, 6) is -0.301. The Morgan fingerprint density at radius 3 is 2.60 bits per heavy atom. The highest BCUT2D eigenvalue weighted by Gasteiger charge is 2.33. The second-order valence-electron chi connectivity index (χ2n) is 6.03. The van der Waals surface area contributed by atoms with Gasteiger partial charge in [-0.2, -0.15) is 16.4 Å². The SMILES string of the molecule is CCN(CC)CC(=O)N1N=C(c2ccsc2)C[C@H]1c1ccc(F)cc1. The predicted molar refractivity (Wildman–Crippen MR) is 99.2 cm³/mol. The molecule has 1 aromatic heterocycles. The van der Waals surface area contributed by atoms with Crippen LogP contribution in [0.25, 0.3) is 0 Å². The largest absolute Gasteiger partial charge is 0.295 e. The maximum absolute atomic E-state index is 13.3. The molecule has 4 nitrogen and oxygen atoms in total. The van der Waals surface area contributed by atoms with Gasteiger partial charge in [0.2, 0.25) is 0 Å². The normalized spacial score (nSPS) is 17.2. The molecule has 2 heterocycles. The van der Waals surface area contributed by atoms with E-state index in [4.69, 9.17) is 0 Å². The van der Waals surface area contributed by atoms with Crippen molar-refractivity contribution in [2.75, 3.05) is 19.6 Å². The molecule has 0 radical (unpaired) electrons. The number of carbonyl (C=O) groups is 1. The van der Waals surface area contributed by atoms with Crippen molar-refractivity contribution < 1.29 is 9.18 Å². The van der Waals surface area contributed by atoms with E-state index in [0.29, 0.717) is 13.0 Å². The Kier molecular flexibility index (Phi) is 5.60. The van der Waals surface area contributed by atoms with E-state index < -0.39 is 0 Å². The molecule has 1 atom stereocenters. The number of thiophene rings is 1. The molecule has 0 spiro atoms. The van der Waals surface area contributed by atoms with Gasteiger partial charge >= 0.3 is 0 Å². The van der Waals surface area contributed by atoms with Crippen LogP contribution in [0.15, 0.2) is 46.2 Å². The Hall–Kier alpha value is -2.05. The standard InChI is InChI=1S/C19H22FN3OS/c1-3-22(4-2)12-19(24)23-18(14-5-7-16(20)8-6-14)11-17(21-23)15-9-10-25-13-15/h5-10,13,18H,3-4,11-12H2,1-2H3/t18-/m0/s1. The molecule has 3 rings (SSSR count). The Labute approximate surface area is 151 Å². The number of halogens is 1. The van der Waals surface area contributed by atoms with E-state index in [1.54, 1.807) is 28.5 Å². The zero-order chi connectivity index (χ0) is 17.8. The van der Waals surface area contributed by atoms with Gasteiger partial charge in [0.1, 0.15) is 5.82 Å². The molecule has 1 aromatic carbocycles. The summed E-state index contributed by atoms with van der Waals surface area (Å²) in [6.07, 6.45) is 0.645. The van der Waals surface area contributed by atoms with Gasteiger partial charge < -0.3 is 0 Å². The summed E-state index contributed by atoms with van der Waals surface area (Å²) in [5.41, 5.74) is 2.86. The minimum absolute atomic E-state index is 0.0248. The van der Waals surface area contributed by atoms with Crippen LogP contribution in [0.2, 0.25) is 0 Å². The Morgan fingerprint density at radius 1 is 1.28 bits per heavy atom. The number of benzene rings is 1. The Morgan fingerprint density at radius 2 is 2.00 bits per heavy atom. The first kappa shape index (κ1) is 17.8. The van der Waals surface area contributed by atoms with Gasteiger partial charge in [0.15, 0.2) is 0 Å². The molecule has 0 aliphatic carbocycles. The number of hydrogen-bond acceptors (Lipinski definition) is 4. The van der Waals surface area contributed by atoms with Gasteiger partial charge in [-0.3, -0.25) is 9.69 Å². The van der Waals surface area contributed by atoms with Crippen molar-refractivity contribution in [3.63, 3.8) is 0 Å². The van der Waals surface area contributed by atoms with E-state index in [-0.39, 0.29) is 17.8 Å². The third-order valence-corrected chi connectivity index (χ3v) is 5.21. The molecule has 0 saturated heterocycles. The topological polar surface area (TPSA) is 35.9 Å². The molecule has 1 aliphatic heterocycles. The molecule has 0 saturated carbocycles. The number of amides is 1. The fourth-order valence-corrected chi connectivity index (χ4v) is 3.66. The van der Waals surface area contributed by atoms with Crippen molar-refractivity contribution in [2.24, 2.45) is 5.10 Å². The van der Waals surface area contributed by atoms with Crippen molar-refractivity contribution in [3.05, 3.63) is 58.0 Å². The fraction of sp³-hybridized carbons (Fsp3) is 0.368. The molecule has 2 aromatic rings. The molecule has 0 bridgehead atoms. The van der Waals surface area contributed by atoms with Crippen LogP contribution in [0, 0.1) is 5.82 Å². The van der Waals surface area contributed by atoms with Gasteiger partial charge in [-0.15, -0.1) is 0 Å². The summed E-state index contributed by atoms with van der Waals surface area (Å²) in [6.45, 7) is 6.05. The van der Waals surface area contributed by atoms with Crippen molar-refractivity contribution in [1.82, 2.24) is 9.91 Å². The molecule has 0 unspecified atom stereocenters. The van der Waals surface area contributed by atoms with E-state index in [9.17, 15) is 9.18 Å². The minimum atomic E-state index is -0.276. The lowest BCUT2D eigenvalue weighted by molar-refractivity contribution is -0.134. The number of carbonyl (C=O) groups excluding carboxylic acids is 1. The molecule has 132 valence electrons.